The molecular weight excluding hydrogens is 356 g/mol. The van der Waals surface area contributed by atoms with Gasteiger partial charge in [0.1, 0.15) is 17.6 Å². The molecule has 1 atom stereocenters. The summed E-state index contributed by atoms with van der Waals surface area (Å²) in [7, 11) is 0. The molecule has 2 fully saturated rings. The molecule has 1 aliphatic heterocycles. The molecule has 0 aromatic heterocycles. The second-order valence-corrected chi connectivity index (χ2v) is 8.04. The minimum Gasteiger partial charge on any atom is -0.336 e. The highest BCUT2D eigenvalue weighted by atomic mass is 16.2. The molecular formula is C21H24N4O3. The topological polar surface area (TPSA) is 102 Å². The third-order valence-corrected chi connectivity index (χ3v) is 6.25. The largest absolute Gasteiger partial charge is 0.336 e. The van der Waals surface area contributed by atoms with Crippen molar-refractivity contribution in [1.82, 2.24) is 15.5 Å². The molecule has 28 heavy (non-hydrogen) atoms. The second-order valence-electron chi connectivity index (χ2n) is 8.04. The van der Waals surface area contributed by atoms with Gasteiger partial charge < -0.3 is 10.6 Å². The fourth-order valence-electron chi connectivity index (χ4n) is 4.81. The van der Waals surface area contributed by atoms with Crippen molar-refractivity contribution in [1.29, 1.82) is 5.26 Å². The predicted octanol–water partition coefficient (Wildman–Crippen LogP) is 2.11. The van der Waals surface area contributed by atoms with Crippen molar-refractivity contribution in [3.8, 4) is 6.07 Å². The van der Waals surface area contributed by atoms with E-state index in [1.54, 1.807) is 0 Å². The Morgan fingerprint density at radius 3 is 2.61 bits per heavy atom. The van der Waals surface area contributed by atoms with Crippen molar-refractivity contribution >= 4 is 17.8 Å². The molecule has 3 aliphatic rings. The number of aryl methyl sites for hydroxylation is 1. The molecule has 4 amide bonds. The van der Waals surface area contributed by atoms with Gasteiger partial charge in [-0.1, -0.05) is 24.3 Å². The van der Waals surface area contributed by atoms with Crippen LogP contribution in [0.25, 0.3) is 0 Å². The number of amides is 4. The number of benzene rings is 1. The molecule has 146 valence electrons. The highest BCUT2D eigenvalue weighted by Gasteiger charge is 2.53. The fourth-order valence-corrected chi connectivity index (χ4v) is 4.81. The van der Waals surface area contributed by atoms with E-state index in [4.69, 9.17) is 0 Å². The summed E-state index contributed by atoms with van der Waals surface area (Å²) in [6.45, 7) is -0.363. The standard InChI is InChI=1S/C21H24N4O3/c22-14-20(10-5-6-11-20)23-17(26)13-25-18(27)21(24-19(25)28)12-4-3-8-15-7-1-2-9-16(15)21/h1-2,7,9H,3-6,8,10-13H2,(H,23,26)(H,24,28)/t21-/m0/s1. The first-order valence-electron chi connectivity index (χ1n) is 9.94. The van der Waals surface area contributed by atoms with Crippen LogP contribution in [0.3, 0.4) is 0 Å². The maximum atomic E-state index is 13.3. The highest BCUT2D eigenvalue weighted by molar-refractivity contribution is 6.09. The normalized spacial score (nSPS) is 25.8. The molecule has 1 heterocycles. The Kier molecular flexibility index (Phi) is 4.58. The van der Waals surface area contributed by atoms with Gasteiger partial charge in [-0.25, -0.2) is 4.79 Å². The van der Waals surface area contributed by atoms with Crippen LogP contribution in [-0.4, -0.2) is 34.8 Å². The number of nitrogens with zero attached hydrogens (tertiary/aromatic N) is 2. The van der Waals surface area contributed by atoms with Crippen LogP contribution in [0.5, 0.6) is 0 Å². The van der Waals surface area contributed by atoms with Crippen molar-refractivity contribution in [3.63, 3.8) is 0 Å². The van der Waals surface area contributed by atoms with Gasteiger partial charge in [-0.05, 0) is 62.5 Å². The molecule has 1 saturated heterocycles. The van der Waals surface area contributed by atoms with Crippen molar-refractivity contribution < 1.29 is 14.4 Å². The number of nitriles is 1. The third kappa shape index (κ3) is 2.93. The van der Waals surface area contributed by atoms with Crippen molar-refractivity contribution in [2.45, 2.75) is 62.4 Å². The maximum absolute atomic E-state index is 13.3. The Hall–Kier alpha value is -2.88. The third-order valence-electron chi connectivity index (χ3n) is 6.25. The zero-order chi connectivity index (χ0) is 19.8. The van der Waals surface area contributed by atoms with Crippen molar-refractivity contribution in [2.75, 3.05) is 6.54 Å². The van der Waals surface area contributed by atoms with Crippen molar-refractivity contribution in [3.05, 3.63) is 35.4 Å². The summed E-state index contributed by atoms with van der Waals surface area (Å²) in [5, 5.41) is 15.1. The lowest BCUT2D eigenvalue weighted by atomic mass is 9.84. The van der Waals surface area contributed by atoms with Gasteiger partial charge in [-0.2, -0.15) is 5.26 Å². The number of carbonyl (C=O) groups excluding carboxylic acids is 3. The molecule has 0 unspecified atom stereocenters. The molecule has 2 N–H and O–H groups in total. The fraction of sp³-hybridized carbons (Fsp3) is 0.524. The number of hydrogen-bond acceptors (Lipinski definition) is 4. The van der Waals surface area contributed by atoms with Crippen LogP contribution in [0, 0.1) is 11.3 Å². The van der Waals surface area contributed by atoms with E-state index in [9.17, 15) is 19.6 Å². The molecule has 1 aromatic rings. The first-order valence-corrected chi connectivity index (χ1v) is 9.94. The van der Waals surface area contributed by atoms with Crippen LogP contribution < -0.4 is 10.6 Å². The van der Waals surface area contributed by atoms with E-state index in [-0.39, 0.29) is 12.5 Å². The monoisotopic (exact) mass is 380 g/mol. The molecule has 7 nitrogen and oxygen atoms in total. The smallest absolute Gasteiger partial charge is 0.325 e. The summed E-state index contributed by atoms with van der Waals surface area (Å²) in [6, 6.07) is 9.35. The van der Waals surface area contributed by atoms with Gasteiger partial charge >= 0.3 is 6.03 Å². The number of imide groups is 1. The Labute approximate surface area is 164 Å². The Balaban J connectivity index is 1.57. The lowest BCUT2D eigenvalue weighted by Gasteiger charge is -2.27. The van der Waals surface area contributed by atoms with Crippen LogP contribution in [-0.2, 0) is 21.5 Å². The number of rotatable bonds is 3. The summed E-state index contributed by atoms with van der Waals surface area (Å²) in [5.74, 6) is -0.842. The van der Waals surface area contributed by atoms with Gasteiger partial charge in [0.25, 0.3) is 5.91 Å². The van der Waals surface area contributed by atoms with Gasteiger partial charge in [0, 0.05) is 0 Å². The van der Waals surface area contributed by atoms with Crippen LogP contribution >= 0.6 is 0 Å². The Bertz CT molecular complexity index is 869. The average Bonchev–Trinajstić information content (AvgIpc) is 3.18. The minimum absolute atomic E-state index is 0.363. The van der Waals surface area contributed by atoms with Crippen molar-refractivity contribution in [2.24, 2.45) is 0 Å². The van der Waals surface area contributed by atoms with E-state index in [0.29, 0.717) is 19.3 Å². The van der Waals surface area contributed by atoms with Crippen LogP contribution in [0.4, 0.5) is 4.79 Å². The summed E-state index contributed by atoms with van der Waals surface area (Å²) in [6.07, 6.45) is 6.14. The van der Waals surface area contributed by atoms with Crippen LogP contribution in [0.15, 0.2) is 24.3 Å². The number of nitrogens with one attached hydrogen (secondary N) is 2. The van der Waals surface area contributed by atoms with Crippen LogP contribution in [0.2, 0.25) is 0 Å². The quantitative estimate of drug-likeness (QED) is 0.784. The molecule has 0 bridgehead atoms. The maximum Gasteiger partial charge on any atom is 0.325 e. The summed E-state index contributed by atoms with van der Waals surface area (Å²) in [5.41, 5.74) is -0.0689. The predicted molar refractivity (Wildman–Crippen MR) is 101 cm³/mol. The van der Waals surface area contributed by atoms with E-state index >= 15 is 0 Å². The van der Waals surface area contributed by atoms with Gasteiger partial charge in [0.05, 0.1) is 6.07 Å². The van der Waals surface area contributed by atoms with Gasteiger partial charge in [-0.15, -0.1) is 0 Å². The van der Waals surface area contributed by atoms with E-state index in [1.807, 2.05) is 24.3 Å². The van der Waals surface area contributed by atoms with E-state index in [2.05, 4.69) is 16.7 Å². The highest BCUT2D eigenvalue weighted by Crippen LogP contribution is 2.39. The van der Waals surface area contributed by atoms with Gasteiger partial charge in [-0.3, -0.25) is 14.5 Å². The second kappa shape index (κ2) is 6.93. The molecule has 2 aliphatic carbocycles. The SMILES string of the molecule is N#CC1(NC(=O)CN2C(=O)N[C@]3(CCCCc4ccccc43)C2=O)CCCC1. The van der Waals surface area contributed by atoms with E-state index in [1.165, 1.54) is 0 Å². The first-order chi connectivity index (χ1) is 13.5. The molecule has 1 aromatic carbocycles. The summed E-state index contributed by atoms with van der Waals surface area (Å²) in [4.78, 5) is 39.5. The zero-order valence-corrected chi connectivity index (χ0v) is 15.8. The Morgan fingerprint density at radius 2 is 1.86 bits per heavy atom. The van der Waals surface area contributed by atoms with E-state index in [0.717, 1.165) is 48.1 Å². The number of fused-ring (bicyclic) bond motifs is 2. The van der Waals surface area contributed by atoms with Crippen LogP contribution in [0.1, 0.15) is 56.1 Å². The molecule has 4 rings (SSSR count). The number of hydrogen-bond donors (Lipinski definition) is 2. The number of carbonyl (C=O) groups is 3. The molecule has 7 heteroatoms. The lowest BCUT2D eigenvalue weighted by molar-refractivity contribution is -0.135. The minimum atomic E-state index is -1.09. The molecule has 1 saturated carbocycles. The Morgan fingerprint density at radius 1 is 1.14 bits per heavy atom. The summed E-state index contributed by atoms with van der Waals surface area (Å²) >= 11 is 0. The number of urea groups is 1. The van der Waals surface area contributed by atoms with Gasteiger partial charge in [0.2, 0.25) is 5.91 Å². The van der Waals surface area contributed by atoms with E-state index < -0.39 is 23.0 Å². The lowest BCUT2D eigenvalue weighted by Crippen LogP contribution is -2.50. The molecule has 0 radical (unpaired) electrons. The van der Waals surface area contributed by atoms with Gasteiger partial charge in [0.15, 0.2) is 0 Å². The summed E-state index contributed by atoms with van der Waals surface area (Å²) < 4.78 is 0. The molecule has 1 spiro atoms. The average molecular weight is 380 g/mol. The zero-order valence-electron chi connectivity index (χ0n) is 15.8. The first kappa shape index (κ1) is 18.5.